The summed E-state index contributed by atoms with van der Waals surface area (Å²) in [5.41, 5.74) is 1.98. The van der Waals surface area contributed by atoms with Gasteiger partial charge in [0.05, 0.1) is 18.9 Å². The van der Waals surface area contributed by atoms with Crippen LogP contribution in [-0.4, -0.2) is 45.0 Å². The Morgan fingerprint density at radius 3 is 2.24 bits per heavy atom. The van der Waals surface area contributed by atoms with Crippen LogP contribution in [0.2, 0.25) is 0 Å². The van der Waals surface area contributed by atoms with Gasteiger partial charge in [0.2, 0.25) is 0 Å². The molecule has 2 heterocycles. The Kier molecular flexibility index (Phi) is 5.68. The van der Waals surface area contributed by atoms with Crippen molar-refractivity contribution in [1.82, 2.24) is 19.7 Å². The molecule has 0 aliphatic rings. The molecule has 0 fully saturated rings. The van der Waals surface area contributed by atoms with E-state index < -0.39 is 12.1 Å². The van der Waals surface area contributed by atoms with Gasteiger partial charge in [0, 0.05) is 11.4 Å². The average molecular weight is 347 g/mol. The van der Waals surface area contributed by atoms with E-state index >= 15 is 0 Å². The van der Waals surface area contributed by atoms with Crippen molar-refractivity contribution in [2.24, 2.45) is 0 Å². The van der Waals surface area contributed by atoms with E-state index in [1.165, 1.54) is 4.68 Å². The first-order valence-electron chi connectivity index (χ1n) is 7.90. The second kappa shape index (κ2) is 7.73. The Labute approximate surface area is 145 Å². The number of esters is 1. The first-order valence-corrected chi connectivity index (χ1v) is 7.90. The Bertz CT molecular complexity index is 780. The number of anilines is 1. The highest BCUT2D eigenvalue weighted by atomic mass is 16.5. The molecule has 2 aromatic rings. The maximum absolute atomic E-state index is 12.3. The fourth-order valence-corrected chi connectivity index (χ4v) is 2.30. The molecule has 0 atom stereocenters. The lowest BCUT2D eigenvalue weighted by molar-refractivity contribution is 0.0527. The minimum absolute atomic E-state index is 0.111. The number of amides is 1. The van der Waals surface area contributed by atoms with Crippen molar-refractivity contribution in [3.8, 4) is 5.95 Å². The van der Waals surface area contributed by atoms with Gasteiger partial charge in [-0.05, 0) is 40.7 Å². The van der Waals surface area contributed by atoms with E-state index in [4.69, 9.17) is 9.47 Å². The van der Waals surface area contributed by atoms with Crippen LogP contribution in [0.1, 0.15) is 41.3 Å². The monoisotopic (exact) mass is 347 g/mol. The third-order valence-electron chi connectivity index (χ3n) is 3.20. The fraction of sp³-hybridized carbons (Fsp3) is 0.438. The summed E-state index contributed by atoms with van der Waals surface area (Å²) >= 11 is 0. The lowest BCUT2D eigenvalue weighted by Crippen LogP contribution is -2.20. The van der Waals surface area contributed by atoms with E-state index in [1.807, 2.05) is 19.9 Å². The van der Waals surface area contributed by atoms with Crippen molar-refractivity contribution in [2.45, 2.75) is 34.6 Å². The van der Waals surface area contributed by atoms with Crippen molar-refractivity contribution in [2.75, 3.05) is 18.5 Å². The fourth-order valence-electron chi connectivity index (χ4n) is 2.30. The van der Waals surface area contributed by atoms with Crippen molar-refractivity contribution in [1.29, 1.82) is 0 Å². The molecule has 0 unspecified atom stereocenters. The number of ether oxygens (including phenoxy) is 2. The number of rotatable bonds is 5. The highest BCUT2D eigenvalue weighted by molar-refractivity contribution is 6.00. The first-order chi connectivity index (χ1) is 11.9. The lowest BCUT2D eigenvalue weighted by atomic mass is 10.2. The normalized spacial score (nSPS) is 10.4. The van der Waals surface area contributed by atoms with E-state index in [0.717, 1.165) is 11.4 Å². The summed E-state index contributed by atoms with van der Waals surface area (Å²) in [5.74, 6) is -0.246. The Hall–Kier alpha value is -2.97. The van der Waals surface area contributed by atoms with Gasteiger partial charge in [0.15, 0.2) is 5.82 Å². The summed E-state index contributed by atoms with van der Waals surface area (Å²) in [6.07, 6.45) is -0.710. The van der Waals surface area contributed by atoms with Gasteiger partial charge in [-0.2, -0.15) is 9.78 Å². The molecule has 2 rings (SSSR count). The van der Waals surface area contributed by atoms with Crippen LogP contribution in [0.25, 0.3) is 5.95 Å². The van der Waals surface area contributed by atoms with Crippen molar-refractivity contribution in [3.63, 3.8) is 0 Å². The molecule has 1 amide bonds. The second-order valence-electron chi connectivity index (χ2n) is 5.24. The molecule has 0 aliphatic carbocycles. The summed E-state index contributed by atoms with van der Waals surface area (Å²) in [7, 11) is 0. The van der Waals surface area contributed by atoms with Gasteiger partial charge < -0.3 is 9.47 Å². The number of aromatic nitrogens is 4. The van der Waals surface area contributed by atoms with Gasteiger partial charge in [0.25, 0.3) is 5.95 Å². The number of hydrogen-bond donors (Lipinski definition) is 1. The zero-order valence-electron chi connectivity index (χ0n) is 14.9. The molecule has 0 bridgehead atoms. The zero-order valence-corrected chi connectivity index (χ0v) is 14.9. The van der Waals surface area contributed by atoms with E-state index in [0.29, 0.717) is 5.69 Å². The van der Waals surface area contributed by atoms with Gasteiger partial charge in [0.1, 0.15) is 5.56 Å². The van der Waals surface area contributed by atoms with Gasteiger partial charge >= 0.3 is 12.1 Å². The zero-order chi connectivity index (χ0) is 18.6. The average Bonchev–Trinajstić information content (AvgIpc) is 2.83. The maximum atomic E-state index is 12.3. The van der Waals surface area contributed by atoms with Crippen LogP contribution in [0.3, 0.4) is 0 Å². The van der Waals surface area contributed by atoms with Crippen molar-refractivity contribution < 1.29 is 19.1 Å². The topological polar surface area (TPSA) is 108 Å². The molecular weight excluding hydrogens is 326 g/mol. The largest absolute Gasteiger partial charge is 0.462 e. The van der Waals surface area contributed by atoms with E-state index in [9.17, 15) is 9.59 Å². The van der Waals surface area contributed by atoms with Crippen LogP contribution >= 0.6 is 0 Å². The lowest BCUT2D eigenvalue weighted by Gasteiger charge is -2.10. The Morgan fingerprint density at radius 1 is 1.08 bits per heavy atom. The molecule has 9 nitrogen and oxygen atoms in total. The first kappa shape index (κ1) is 18.4. The standard InChI is InChI=1S/C16H21N5O4/c1-6-24-14(22)12-11(5)20-21(13(12)19-16(23)25-7-2)15-17-9(3)8-10(4)18-15/h8H,6-7H2,1-5H3,(H,19,23). The number of carbonyl (C=O) groups excluding carboxylic acids is 2. The number of carbonyl (C=O) groups is 2. The molecular formula is C16H21N5O4. The molecule has 134 valence electrons. The second-order valence-corrected chi connectivity index (χ2v) is 5.24. The van der Waals surface area contributed by atoms with Gasteiger partial charge in [-0.1, -0.05) is 0 Å². The summed E-state index contributed by atoms with van der Waals surface area (Å²) in [4.78, 5) is 32.8. The molecule has 1 N–H and O–H groups in total. The molecule has 9 heteroatoms. The predicted octanol–water partition coefficient (Wildman–Crippen LogP) is 2.33. The highest BCUT2D eigenvalue weighted by Crippen LogP contribution is 2.24. The van der Waals surface area contributed by atoms with Crippen LogP contribution in [0.15, 0.2) is 6.07 Å². The molecule has 0 saturated carbocycles. The minimum atomic E-state index is -0.710. The summed E-state index contributed by atoms with van der Waals surface area (Å²) in [6, 6.07) is 1.81. The van der Waals surface area contributed by atoms with Crippen LogP contribution in [-0.2, 0) is 9.47 Å². The smallest absolute Gasteiger partial charge is 0.412 e. The van der Waals surface area contributed by atoms with Crippen LogP contribution < -0.4 is 5.32 Å². The third-order valence-corrected chi connectivity index (χ3v) is 3.20. The van der Waals surface area contributed by atoms with Crippen LogP contribution in [0.5, 0.6) is 0 Å². The van der Waals surface area contributed by atoms with Gasteiger partial charge in [-0.15, -0.1) is 0 Å². The number of hydrogen-bond acceptors (Lipinski definition) is 7. The van der Waals surface area contributed by atoms with Crippen molar-refractivity contribution in [3.05, 3.63) is 28.7 Å². The van der Waals surface area contributed by atoms with E-state index in [-0.39, 0.29) is 30.5 Å². The highest BCUT2D eigenvalue weighted by Gasteiger charge is 2.26. The molecule has 0 spiro atoms. The Balaban J connectivity index is 2.60. The number of aryl methyl sites for hydroxylation is 3. The minimum Gasteiger partial charge on any atom is -0.462 e. The van der Waals surface area contributed by atoms with Crippen LogP contribution in [0.4, 0.5) is 10.6 Å². The molecule has 0 saturated heterocycles. The number of nitrogens with one attached hydrogen (secondary N) is 1. The quantitative estimate of drug-likeness (QED) is 0.827. The summed E-state index contributed by atoms with van der Waals surface area (Å²) in [6.45, 7) is 9.04. The Morgan fingerprint density at radius 2 is 1.68 bits per heavy atom. The maximum Gasteiger partial charge on any atom is 0.412 e. The summed E-state index contributed by atoms with van der Waals surface area (Å²) < 4.78 is 11.3. The molecule has 0 aliphatic heterocycles. The SMILES string of the molecule is CCOC(=O)Nc1c(C(=O)OCC)c(C)nn1-c1nc(C)cc(C)n1. The van der Waals surface area contributed by atoms with E-state index in [2.05, 4.69) is 20.4 Å². The summed E-state index contributed by atoms with van der Waals surface area (Å²) in [5, 5.41) is 6.84. The third kappa shape index (κ3) is 4.11. The van der Waals surface area contributed by atoms with Crippen LogP contribution in [0, 0.1) is 20.8 Å². The van der Waals surface area contributed by atoms with Crippen molar-refractivity contribution >= 4 is 17.9 Å². The van der Waals surface area contributed by atoms with Gasteiger partial charge in [-0.3, -0.25) is 5.32 Å². The molecule has 25 heavy (non-hydrogen) atoms. The molecule has 0 radical (unpaired) electrons. The van der Waals surface area contributed by atoms with Gasteiger partial charge in [-0.25, -0.2) is 19.6 Å². The number of nitrogens with zero attached hydrogens (tertiary/aromatic N) is 4. The molecule has 0 aromatic carbocycles. The van der Waals surface area contributed by atoms with E-state index in [1.54, 1.807) is 20.8 Å². The predicted molar refractivity (Wildman–Crippen MR) is 90.0 cm³/mol. The molecule has 2 aromatic heterocycles.